The summed E-state index contributed by atoms with van der Waals surface area (Å²) in [5.41, 5.74) is 0.811. The molecule has 0 atom stereocenters. The van der Waals surface area contributed by atoms with Crippen LogP contribution < -0.4 is 10.6 Å². The number of aromatic nitrogens is 2. The van der Waals surface area contributed by atoms with E-state index in [0.29, 0.717) is 24.3 Å². The summed E-state index contributed by atoms with van der Waals surface area (Å²) in [4.78, 5) is 12.0. The van der Waals surface area contributed by atoms with Gasteiger partial charge in [-0.15, -0.1) is 10.2 Å². The van der Waals surface area contributed by atoms with E-state index >= 15 is 0 Å². The maximum atomic E-state index is 13.5. The molecule has 0 fully saturated rings. The van der Waals surface area contributed by atoms with Crippen LogP contribution in [0.25, 0.3) is 0 Å². The van der Waals surface area contributed by atoms with Crippen molar-refractivity contribution in [2.45, 2.75) is 6.42 Å². The monoisotopic (exact) mass is 354 g/mol. The minimum absolute atomic E-state index is 0.193. The summed E-state index contributed by atoms with van der Waals surface area (Å²) < 4.78 is 26.7. The third-order valence-electron chi connectivity index (χ3n) is 3.65. The molecule has 0 bridgehead atoms. The Morgan fingerprint density at radius 3 is 2.42 bits per heavy atom. The van der Waals surface area contributed by atoms with Crippen molar-refractivity contribution in [3.8, 4) is 0 Å². The van der Waals surface area contributed by atoms with E-state index in [1.165, 1.54) is 24.3 Å². The van der Waals surface area contributed by atoms with Crippen molar-refractivity contribution < 1.29 is 13.6 Å². The van der Waals surface area contributed by atoms with Gasteiger partial charge >= 0.3 is 0 Å². The summed E-state index contributed by atoms with van der Waals surface area (Å²) >= 11 is 0. The fourth-order valence-electron chi connectivity index (χ4n) is 2.34. The van der Waals surface area contributed by atoms with Crippen LogP contribution in [0.3, 0.4) is 0 Å². The molecule has 0 radical (unpaired) electrons. The summed E-state index contributed by atoms with van der Waals surface area (Å²) in [5, 5.41) is 13.4. The molecule has 0 saturated carbocycles. The Balaban J connectivity index is 1.53. The topological polar surface area (TPSA) is 66.9 Å². The third kappa shape index (κ3) is 4.60. The lowest BCUT2D eigenvalue weighted by atomic mass is 10.1. The summed E-state index contributed by atoms with van der Waals surface area (Å²) in [7, 11) is 0. The zero-order valence-corrected chi connectivity index (χ0v) is 13.7. The van der Waals surface area contributed by atoms with Crippen molar-refractivity contribution in [1.29, 1.82) is 0 Å². The van der Waals surface area contributed by atoms with E-state index in [4.69, 9.17) is 0 Å². The normalized spacial score (nSPS) is 10.4. The molecule has 1 amide bonds. The van der Waals surface area contributed by atoms with Crippen molar-refractivity contribution in [3.05, 3.63) is 83.4 Å². The maximum Gasteiger partial charge on any atom is 0.256 e. The Labute approximate surface area is 149 Å². The first-order valence-electron chi connectivity index (χ1n) is 8.00. The number of carbonyl (C=O) groups excluding carboxylic acids is 1. The van der Waals surface area contributed by atoms with Gasteiger partial charge in [-0.1, -0.05) is 24.3 Å². The predicted octanol–water partition coefficient (Wildman–Crippen LogP) is 3.66. The van der Waals surface area contributed by atoms with Crippen LogP contribution in [-0.2, 0) is 6.42 Å². The van der Waals surface area contributed by atoms with Gasteiger partial charge in [0.1, 0.15) is 17.5 Å². The highest BCUT2D eigenvalue weighted by atomic mass is 19.1. The van der Waals surface area contributed by atoms with Gasteiger partial charge < -0.3 is 10.6 Å². The van der Waals surface area contributed by atoms with Crippen molar-refractivity contribution in [3.63, 3.8) is 0 Å². The van der Waals surface area contributed by atoms with Crippen LogP contribution in [0.15, 0.2) is 60.7 Å². The number of halogens is 2. The standard InChI is InChI=1S/C19H16F2N4O/c20-15-6-3-5-14(12-15)19(26)23-18-9-8-17(24-25-18)22-11-10-13-4-1-2-7-16(13)21/h1-9,12H,10-11H2,(H,22,24)(H,23,25,26). The highest BCUT2D eigenvalue weighted by Crippen LogP contribution is 2.11. The predicted molar refractivity (Wildman–Crippen MR) is 95.0 cm³/mol. The molecule has 2 aromatic carbocycles. The molecule has 2 N–H and O–H groups in total. The lowest BCUT2D eigenvalue weighted by Gasteiger charge is -2.07. The molecular weight excluding hydrogens is 338 g/mol. The minimum atomic E-state index is -0.488. The molecular formula is C19H16F2N4O. The Kier molecular flexibility index (Phi) is 5.48. The molecule has 0 aliphatic carbocycles. The third-order valence-corrected chi connectivity index (χ3v) is 3.65. The van der Waals surface area contributed by atoms with Gasteiger partial charge in [0.25, 0.3) is 5.91 Å². The lowest BCUT2D eigenvalue weighted by Crippen LogP contribution is -2.14. The van der Waals surface area contributed by atoms with E-state index in [1.807, 2.05) is 0 Å². The van der Waals surface area contributed by atoms with Gasteiger partial charge in [-0.25, -0.2) is 8.78 Å². The van der Waals surface area contributed by atoms with Gasteiger partial charge in [0, 0.05) is 12.1 Å². The second-order valence-electron chi connectivity index (χ2n) is 5.54. The van der Waals surface area contributed by atoms with Crippen LogP contribution in [0.4, 0.5) is 20.4 Å². The van der Waals surface area contributed by atoms with Crippen molar-refractivity contribution in [1.82, 2.24) is 10.2 Å². The van der Waals surface area contributed by atoms with Gasteiger partial charge in [-0.3, -0.25) is 4.79 Å². The molecule has 0 saturated heterocycles. The largest absolute Gasteiger partial charge is 0.368 e. The molecule has 7 heteroatoms. The Morgan fingerprint density at radius 1 is 0.923 bits per heavy atom. The highest BCUT2D eigenvalue weighted by Gasteiger charge is 2.08. The minimum Gasteiger partial charge on any atom is -0.368 e. The van der Waals surface area contributed by atoms with E-state index in [0.717, 1.165) is 6.07 Å². The fraction of sp³-hybridized carbons (Fsp3) is 0.105. The van der Waals surface area contributed by atoms with Crippen LogP contribution in [0.5, 0.6) is 0 Å². The average molecular weight is 354 g/mol. The van der Waals surface area contributed by atoms with Crippen LogP contribution in [0.1, 0.15) is 15.9 Å². The Hall–Kier alpha value is -3.35. The van der Waals surface area contributed by atoms with Gasteiger partial charge in [-0.2, -0.15) is 0 Å². The zero-order valence-electron chi connectivity index (χ0n) is 13.7. The number of amides is 1. The SMILES string of the molecule is O=C(Nc1ccc(NCCc2ccccc2F)nn1)c1cccc(F)c1. The second kappa shape index (κ2) is 8.15. The first kappa shape index (κ1) is 17.5. The smallest absolute Gasteiger partial charge is 0.256 e. The zero-order chi connectivity index (χ0) is 18.4. The molecule has 1 aromatic heterocycles. The average Bonchev–Trinajstić information content (AvgIpc) is 2.65. The number of carbonyl (C=O) groups is 1. The first-order valence-corrected chi connectivity index (χ1v) is 8.00. The number of rotatable bonds is 6. The van der Waals surface area contributed by atoms with Gasteiger partial charge in [0.15, 0.2) is 5.82 Å². The van der Waals surface area contributed by atoms with E-state index < -0.39 is 11.7 Å². The summed E-state index contributed by atoms with van der Waals surface area (Å²) in [5.74, 6) is -0.447. The number of hydrogen-bond donors (Lipinski definition) is 2. The molecule has 3 rings (SSSR count). The van der Waals surface area contributed by atoms with Gasteiger partial charge in [0.05, 0.1) is 0 Å². The molecule has 0 aliphatic heterocycles. The quantitative estimate of drug-likeness (QED) is 0.709. The number of anilines is 2. The van der Waals surface area contributed by atoms with Crippen LogP contribution >= 0.6 is 0 Å². The Morgan fingerprint density at radius 2 is 1.69 bits per heavy atom. The highest BCUT2D eigenvalue weighted by molar-refractivity contribution is 6.03. The molecule has 132 valence electrons. The Bertz CT molecular complexity index is 900. The molecule has 5 nitrogen and oxygen atoms in total. The molecule has 0 spiro atoms. The van der Waals surface area contributed by atoms with Gasteiger partial charge in [-0.05, 0) is 48.4 Å². The number of hydrogen-bond acceptors (Lipinski definition) is 4. The number of nitrogens with one attached hydrogen (secondary N) is 2. The van der Waals surface area contributed by atoms with E-state index in [2.05, 4.69) is 20.8 Å². The van der Waals surface area contributed by atoms with Crippen molar-refractivity contribution >= 4 is 17.5 Å². The van der Waals surface area contributed by atoms with Crippen LogP contribution in [0.2, 0.25) is 0 Å². The van der Waals surface area contributed by atoms with Crippen LogP contribution in [0, 0.1) is 11.6 Å². The second-order valence-corrected chi connectivity index (χ2v) is 5.54. The first-order chi connectivity index (χ1) is 12.6. The molecule has 26 heavy (non-hydrogen) atoms. The van der Waals surface area contributed by atoms with E-state index in [9.17, 15) is 13.6 Å². The van der Waals surface area contributed by atoms with Gasteiger partial charge in [0.2, 0.25) is 0 Å². The van der Waals surface area contributed by atoms with E-state index in [-0.39, 0.29) is 17.2 Å². The molecule has 3 aromatic rings. The van der Waals surface area contributed by atoms with Crippen molar-refractivity contribution in [2.24, 2.45) is 0 Å². The molecule has 1 heterocycles. The summed E-state index contributed by atoms with van der Waals surface area (Å²) in [6.07, 6.45) is 0.506. The maximum absolute atomic E-state index is 13.5. The van der Waals surface area contributed by atoms with Crippen LogP contribution in [-0.4, -0.2) is 22.6 Å². The number of benzene rings is 2. The summed E-state index contributed by atoms with van der Waals surface area (Å²) in [6, 6.07) is 15.2. The lowest BCUT2D eigenvalue weighted by molar-refractivity contribution is 0.102. The van der Waals surface area contributed by atoms with Crippen molar-refractivity contribution in [2.75, 3.05) is 17.2 Å². The molecule has 0 aliphatic rings. The molecule has 0 unspecified atom stereocenters. The fourth-order valence-corrected chi connectivity index (χ4v) is 2.34. The summed E-state index contributed by atoms with van der Waals surface area (Å²) in [6.45, 7) is 0.491. The van der Waals surface area contributed by atoms with E-state index in [1.54, 1.807) is 30.3 Å². The number of nitrogens with zero attached hydrogens (tertiary/aromatic N) is 2.